The second kappa shape index (κ2) is 6.23. The number of aliphatic imine (C=N–C) groups is 1. The molecule has 2 unspecified atom stereocenters. The summed E-state index contributed by atoms with van der Waals surface area (Å²) in [5.41, 5.74) is 7.23. The van der Waals surface area contributed by atoms with Crippen LogP contribution in [0.25, 0.3) is 0 Å². The van der Waals surface area contributed by atoms with Crippen LogP contribution in [0.5, 0.6) is 5.75 Å². The molecule has 1 aromatic rings. The maximum atomic E-state index is 6.08. The Labute approximate surface area is 133 Å². The molecule has 2 heterocycles. The molecule has 114 valence electrons. The molecule has 5 nitrogen and oxygen atoms in total. The van der Waals surface area contributed by atoms with Crippen molar-refractivity contribution in [1.29, 1.82) is 0 Å². The Morgan fingerprint density at radius 2 is 2.38 bits per heavy atom. The van der Waals surface area contributed by atoms with E-state index in [0.717, 1.165) is 41.8 Å². The van der Waals surface area contributed by atoms with Crippen molar-refractivity contribution < 1.29 is 9.47 Å². The Hall–Kier alpha value is -1.27. The summed E-state index contributed by atoms with van der Waals surface area (Å²) < 4.78 is 12.1. The summed E-state index contributed by atoms with van der Waals surface area (Å²) in [6, 6.07) is 6.13. The van der Waals surface area contributed by atoms with Gasteiger partial charge in [0.25, 0.3) is 0 Å². The van der Waals surface area contributed by atoms with Gasteiger partial charge in [0.1, 0.15) is 5.75 Å². The van der Waals surface area contributed by atoms with Crippen molar-refractivity contribution in [2.75, 3.05) is 26.8 Å². The van der Waals surface area contributed by atoms with Gasteiger partial charge in [0.15, 0.2) is 5.96 Å². The Morgan fingerprint density at radius 3 is 3.10 bits per heavy atom. The lowest BCUT2D eigenvalue weighted by Crippen LogP contribution is -2.41. The highest BCUT2D eigenvalue weighted by atomic mass is 79.9. The summed E-state index contributed by atoms with van der Waals surface area (Å²) in [6.07, 6.45) is 2.47. The van der Waals surface area contributed by atoms with E-state index in [-0.39, 0.29) is 12.1 Å². The van der Waals surface area contributed by atoms with E-state index in [9.17, 15) is 0 Å². The first-order valence-electron chi connectivity index (χ1n) is 7.20. The van der Waals surface area contributed by atoms with E-state index >= 15 is 0 Å². The molecular formula is C15H20BrN3O2. The number of methoxy groups -OCH3 is 1. The number of hydrogen-bond acceptors (Lipinski definition) is 5. The van der Waals surface area contributed by atoms with Crippen LogP contribution < -0.4 is 10.5 Å². The molecule has 21 heavy (non-hydrogen) atoms. The van der Waals surface area contributed by atoms with Crippen LogP contribution in [0.3, 0.4) is 0 Å². The van der Waals surface area contributed by atoms with Crippen molar-refractivity contribution in [2.24, 2.45) is 10.7 Å². The molecule has 0 spiro atoms. The molecule has 0 saturated carbocycles. The van der Waals surface area contributed by atoms with Gasteiger partial charge in [0.2, 0.25) is 0 Å². The molecule has 0 radical (unpaired) electrons. The van der Waals surface area contributed by atoms with E-state index in [1.807, 2.05) is 18.2 Å². The third-order valence-electron chi connectivity index (χ3n) is 4.08. The number of rotatable bonds is 4. The SMILES string of the molecule is COc1ccc(Br)c(C2CN=C(N)N2CC2CCCO2)c1. The van der Waals surface area contributed by atoms with Gasteiger partial charge in [-0.1, -0.05) is 15.9 Å². The first kappa shape index (κ1) is 14.7. The van der Waals surface area contributed by atoms with Crippen LogP contribution >= 0.6 is 15.9 Å². The highest BCUT2D eigenvalue weighted by Crippen LogP contribution is 2.34. The lowest BCUT2D eigenvalue weighted by molar-refractivity contribution is 0.0852. The quantitative estimate of drug-likeness (QED) is 0.902. The fourth-order valence-electron chi connectivity index (χ4n) is 2.93. The van der Waals surface area contributed by atoms with Crippen LogP contribution in [0.1, 0.15) is 24.4 Å². The van der Waals surface area contributed by atoms with Crippen molar-refractivity contribution >= 4 is 21.9 Å². The van der Waals surface area contributed by atoms with Crippen LogP contribution in [0, 0.1) is 0 Å². The van der Waals surface area contributed by atoms with E-state index in [2.05, 4.69) is 25.8 Å². The summed E-state index contributed by atoms with van der Waals surface area (Å²) in [5.74, 6) is 1.45. The molecule has 1 saturated heterocycles. The van der Waals surface area contributed by atoms with Gasteiger partial charge in [-0.2, -0.15) is 0 Å². The number of nitrogens with zero attached hydrogens (tertiary/aromatic N) is 2. The predicted molar refractivity (Wildman–Crippen MR) is 85.6 cm³/mol. The molecule has 0 aliphatic carbocycles. The van der Waals surface area contributed by atoms with E-state index in [1.54, 1.807) is 7.11 Å². The second-order valence-electron chi connectivity index (χ2n) is 5.39. The molecule has 6 heteroatoms. The number of nitrogens with two attached hydrogens (primary N) is 1. The molecule has 0 bridgehead atoms. The van der Waals surface area contributed by atoms with Crippen LogP contribution in [0.2, 0.25) is 0 Å². The van der Waals surface area contributed by atoms with Gasteiger partial charge in [0.05, 0.1) is 25.8 Å². The van der Waals surface area contributed by atoms with Crippen LogP contribution in [0.15, 0.2) is 27.7 Å². The van der Waals surface area contributed by atoms with Crippen molar-refractivity contribution in [3.05, 3.63) is 28.2 Å². The molecule has 0 aromatic heterocycles. The number of guanidine groups is 1. The zero-order chi connectivity index (χ0) is 14.8. The summed E-state index contributed by atoms with van der Waals surface area (Å²) in [4.78, 5) is 6.57. The van der Waals surface area contributed by atoms with E-state index in [1.165, 1.54) is 0 Å². The molecule has 2 aliphatic rings. The standard InChI is InChI=1S/C15H20BrN3O2/c1-20-10-4-5-13(16)12(7-10)14-8-18-15(17)19(14)9-11-3-2-6-21-11/h4-5,7,11,14H,2-3,6,8-9H2,1H3,(H2,17,18). The Kier molecular flexibility index (Phi) is 4.35. The van der Waals surface area contributed by atoms with Crippen molar-refractivity contribution in [1.82, 2.24) is 4.90 Å². The van der Waals surface area contributed by atoms with Gasteiger partial charge in [-0.3, -0.25) is 4.99 Å². The number of benzene rings is 1. The minimum absolute atomic E-state index is 0.138. The van der Waals surface area contributed by atoms with Crippen LogP contribution in [0.4, 0.5) is 0 Å². The number of hydrogen-bond donors (Lipinski definition) is 1. The normalized spacial score (nSPS) is 25.2. The zero-order valence-corrected chi connectivity index (χ0v) is 13.7. The first-order chi connectivity index (χ1) is 10.2. The Morgan fingerprint density at radius 1 is 1.52 bits per heavy atom. The fraction of sp³-hybridized carbons (Fsp3) is 0.533. The minimum atomic E-state index is 0.138. The van der Waals surface area contributed by atoms with Gasteiger partial charge >= 0.3 is 0 Å². The molecule has 1 fully saturated rings. The lowest BCUT2D eigenvalue weighted by atomic mass is 10.1. The summed E-state index contributed by atoms with van der Waals surface area (Å²) >= 11 is 3.62. The molecule has 1 aromatic carbocycles. The van der Waals surface area contributed by atoms with Crippen molar-refractivity contribution in [3.63, 3.8) is 0 Å². The Balaban J connectivity index is 1.83. The van der Waals surface area contributed by atoms with E-state index in [4.69, 9.17) is 15.2 Å². The highest BCUT2D eigenvalue weighted by Gasteiger charge is 2.32. The van der Waals surface area contributed by atoms with Gasteiger partial charge in [-0.25, -0.2) is 0 Å². The zero-order valence-electron chi connectivity index (χ0n) is 12.1. The second-order valence-corrected chi connectivity index (χ2v) is 6.24. The summed E-state index contributed by atoms with van der Waals surface area (Å²) in [7, 11) is 1.68. The largest absolute Gasteiger partial charge is 0.497 e. The van der Waals surface area contributed by atoms with Crippen molar-refractivity contribution in [3.8, 4) is 5.75 Å². The van der Waals surface area contributed by atoms with Gasteiger partial charge in [-0.05, 0) is 36.6 Å². The van der Waals surface area contributed by atoms with Gasteiger partial charge in [0, 0.05) is 17.6 Å². The third kappa shape index (κ3) is 3.01. The smallest absolute Gasteiger partial charge is 0.192 e. The van der Waals surface area contributed by atoms with Crippen LogP contribution in [-0.4, -0.2) is 43.8 Å². The van der Waals surface area contributed by atoms with Crippen molar-refractivity contribution in [2.45, 2.75) is 25.0 Å². The topological polar surface area (TPSA) is 60.1 Å². The average molecular weight is 354 g/mol. The molecular weight excluding hydrogens is 334 g/mol. The first-order valence-corrected chi connectivity index (χ1v) is 8.00. The molecule has 2 aliphatic heterocycles. The molecule has 0 amide bonds. The number of halogens is 1. The summed E-state index contributed by atoms with van der Waals surface area (Å²) in [6.45, 7) is 2.32. The average Bonchev–Trinajstić information content (AvgIpc) is 3.12. The highest BCUT2D eigenvalue weighted by molar-refractivity contribution is 9.10. The van der Waals surface area contributed by atoms with Gasteiger partial charge in [-0.15, -0.1) is 0 Å². The fourth-order valence-corrected chi connectivity index (χ4v) is 3.44. The Bertz CT molecular complexity index is 544. The monoisotopic (exact) mass is 353 g/mol. The predicted octanol–water partition coefficient (Wildman–Crippen LogP) is 2.31. The minimum Gasteiger partial charge on any atom is -0.497 e. The molecule has 2 atom stereocenters. The molecule has 3 rings (SSSR count). The molecule has 2 N–H and O–H groups in total. The van der Waals surface area contributed by atoms with Crippen LogP contribution in [-0.2, 0) is 4.74 Å². The maximum Gasteiger partial charge on any atom is 0.192 e. The lowest BCUT2D eigenvalue weighted by Gasteiger charge is -2.29. The van der Waals surface area contributed by atoms with E-state index in [0.29, 0.717) is 12.5 Å². The number of ether oxygens (including phenoxy) is 2. The maximum absolute atomic E-state index is 6.08. The summed E-state index contributed by atoms with van der Waals surface area (Å²) in [5, 5.41) is 0. The van der Waals surface area contributed by atoms with Gasteiger partial charge < -0.3 is 20.1 Å². The third-order valence-corrected chi connectivity index (χ3v) is 4.81. The van der Waals surface area contributed by atoms with E-state index < -0.39 is 0 Å².